The van der Waals surface area contributed by atoms with Crippen molar-refractivity contribution < 1.29 is 27.5 Å². The summed E-state index contributed by atoms with van der Waals surface area (Å²) in [4.78, 5) is 29.6. The Morgan fingerprint density at radius 3 is 2.54 bits per heavy atom. The van der Waals surface area contributed by atoms with Gasteiger partial charge in [0.25, 0.3) is 5.91 Å². The van der Waals surface area contributed by atoms with Crippen LogP contribution in [0.2, 0.25) is 0 Å². The first-order valence-corrected chi connectivity index (χ1v) is 13.4. The van der Waals surface area contributed by atoms with E-state index in [2.05, 4.69) is 4.99 Å². The third-order valence-electron chi connectivity index (χ3n) is 5.96. The lowest BCUT2D eigenvalue weighted by Crippen LogP contribution is -2.39. The van der Waals surface area contributed by atoms with Gasteiger partial charge in [-0.1, -0.05) is 18.3 Å². The first-order chi connectivity index (χ1) is 16.7. The number of ether oxygens (including phenoxy) is 2. The Hall–Kier alpha value is -3.02. The van der Waals surface area contributed by atoms with E-state index in [9.17, 15) is 18.0 Å². The number of methoxy groups -OCH3 is 2. The maximum Gasteiger partial charge on any atom is 0.325 e. The predicted molar refractivity (Wildman–Crippen MR) is 132 cm³/mol. The van der Waals surface area contributed by atoms with Gasteiger partial charge in [0, 0.05) is 18.7 Å². The summed E-state index contributed by atoms with van der Waals surface area (Å²) in [5.41, 5.74) is 0.959. The van der Waals surface area contributed by atoms with Gasteiger partial charge in [0.1, 0.15) is 12.3 Å². The van der Waals surface area contributed by atoms with E-state index in [4.69, 9.17) is 9.47 Å². The molecule has 1 saturated heterocycles. The van der Waals surface area contributed by atoms with Crippen molar-refractivity contribution in [3.8, 4) is 5.75 Å². The fourth-order valence-electron chi connectivity index (χ4n) is 4.05. The van der Waals surface area contributed by atoms with Gasteiger partial charge in [-0.2, -0.15) is 9.30 Å². The molecule has 35 heavy (non-hydrogen) atoms. The van der Waals surface area contributed by atoms with Crippen LogP contribution in [0.25, 0.3) is 10.2 Å². The van der Waals surface area contributed by atoms with Crippen LogP contribution in [0.1, 0.15) is 30.1 Å². The molecule has 4 rings (SSSR count). The van der Waals surface area contributed by atoms with Crippen LogP contribution < -0.4 is 9.54 Å². The summed E-state index contributed by atoms with van der Waals surface area (Å²) < 4.78 is 40.0. The van der Waals surface area contributed by atoms with Gasteiger partial charge in [0.15, 0.2) is 4.80 Å². The minimum Gasteiger partial charge on any atom is -0.497 e. The Kier molecular flexibility index (Phi) is 7.39. The highest BCUT2D eigenvalue weighted by Crippen LogP contribution is 2.25. The zero-order valence-electron chi connectivity index (χ0n) is 19.8. The van der Waals surface area contributed by atoms with E-state index < -0.39 is 21.9 Å². The molecule has 11 heteroatoms. The molecule has 2 heterocycles. The van der Waals surface area contributed by atoms with Crippen LogP contribution in [0, 0.1) is 5.92 Å². The Morgan fingerprint density at radius 1 is 1.14 bits per heavy atom. The smallest absolute Gasteiger partial charge is 0.325 e. The van der Waals surface area contributed by atoms with Gasteiger partial charge in [0.05, 0.1) is 29.3 Å². The molecule has 0 unspecified atom stereocenters. The number of sulfonamides is 1. The zero-order valence-corrected chi connectivity index (χ0v) is 21.4. The second-order valence-electron chi connectivity index (χ2n) is 8.43. The molecule has 1 fully saturated rings. The summed E-state index contributed by atoms with van der Waals surface area (Å²) in [6.45, 7) is 2.93. The molecule has 0 aliphatic carbocycles. The number of hydrogen-bond donors (Lipinski definition) is 0. The molecule has 1 aromatic heterocycles. The molecule has 0 N–H and O–H groups in total. The highest BCUT2D eigenvalue weighted by Gasteiger charge is 2.28. The Labute approximate surface area is 207 Å². The van der Waals surface area contributed by atoms with E-state index in [1.807, 2.05) is 6.92 Å². The second kappa shape index (κ2) is 10.3. The van der Waals surface area contributed by atoms with Crippen molar-refractivity contribution in [2.75, 3.05) is 27.3 Å². The SMILES string of the molecule is COC(=O)Cn1c(=NC(=O)c2ccc(S(=O)(=O)N3CCC[C@H](C)C3)cc2)sc2cc(OC)ccc21. The van der Waals surface area contributed by atoms with E-state index in [0.717, 1.165) is 17.5 Å². The molecule has 1 amide bonds. The number of nitrogens with zero attached hydrogens (tertiary/aromatic N) is 3. The summed E-state index contributed by atoms with van der Waals surface area (Å²) in [6, 6.07) is 11.2. The van der Waals surface area contributed by atoms with E-state index in [0.29, 0.717) is 35.1 Å². The van der Waals surface area contributed by atoms with Gasteiger partial charge in [-0.25, -0.2) is 8.42 Å². The van der Waals surface area contributed by atoms with Crippen LogP contribution in [-0.4, -0.2) is 56.5 Å². The summed E-state index contributed by atoms with van der Waals surface area (Å²) in [5.74, 6) is -0.0634. The molecule has 1 aliphatic rings. The van der Waals surface area contributed by atoms with Crippen molar-refractivity contribution >= 4 is 43.5 Å². The fraction of sp³-hybridized carbons (Fsp3) is 0.375. The number of carbonyl (C=O) groups is 2. The van der Waals surface area contributed by atoms with Crippen molar-refractivity contribution in [2.45, 2.75) is 31.2 Å². The van der Waals surface area contributed by atoms with Crippen molar-refractivity contribution in [3.05, 3.63) is 52.8 Å². The molecular formula is C24H27N3O6S2. The topological polar surface area (TPSA) is 107 Å². The maximum absolute atomic E-state index is 13.0. The molecule has 2 aromatic carbocycles. The third-order valence-corrected chi connectivity index (χ3v) is 8.88. The van der Waals surface area contributed by atoms with Gasteiger partial charge in [-0.05, 0) is 61.2 Å². The lowest BCUT2D eigenvalue weighted by atomic mass is 10.0. The number of carbonyl (C=O) groups excluding carboxylic acids is 2. The summed E-state index contributed by atoms with van der Waals surface area (Å²) in [5, 5.41) is 0. The number of piperidine rings is 1. The Balaban J connectivity index is 1.66. The maximum atomic E-state index is 13.0. The molecule has 0 bridgehead atoms. The van der Waals surface area contributed by atoms with Gasteiger partial charge in [-0.3, -0.25) is 9.59 Å². The van der Waals surface area contributed by atoms with Crippen LogP contribution in [0.4, 0.5) is 0 Å². The van der Waals surface area contributed by atoms with E-state index in [-0.39, 0.29) is 17.0 Å². The number of thiazole rings is 1. The minimum absolute atomic E-state index is 0.111. The number of rotatable bonds is 6. The van der Waals surface area contributed by atoms with E-state index in [1.165, 1.54) is 47.0 Å². The monoisotopic (exact) mass is 517 g/mol. The Bertz CT molecular complexity index is 1420. The normalized spacial score (nSPS) is 17.5. The molecule has 0 saturated carbocycles. The largest absolute Gasteiger partial charge is 0.497 e. The number of hydrogen-bond acceptors (Lipinski definition) is 7. The standard InChI is InChI=1S/C24H27N3O6S2/c1-16-5-4-12-26(14-16)35(30,31)19-9-6-17(7-10-19)23(29)25-24-27(15-22(28)33-3)20-11-8-18(32-2)13-21(20)34-24/h6-11,13,16H,4-5,12,14-15H2,1-3H3/t16-/m0/s1. The van der Waals surface area contributed by atoms with Crippen molar-refractivity contribution in [2.24, 2.45) is 10.9 Å². The van der Waals surface area contributed by atoms with Crippen molar-refractivity contribution in [1.29, 1.82) is 0 Å². The predicted octanol–water partition coefficient (Wildman–Crippen LogP) is 3.05. The van der Waals surface area contributed by atoms with Gasteiger partial charge in [-0.15, -0.1) is 0 Å². The highest BCUT2D eigenvalue weighted by atomic mass is 32.2. The third kappa shape index (κ3) is 5.31. The van der Waals surface area contributed by atoms with Gasteiger partial charge >= 0.3 is 5.97 Å². The fourth-order valence-corrected chi connectivity index (χ4v) is 6.70. The lowest BCUT2D eigenvalue weighted by molar-refractivity contribution is -0.141. The number of benzene rings is 2. The van der Waals surface area contributed by atoms with Crippen molar-refractivity contribution in [1.82, 2.24) is 8.87 Å². The average Bonchev–Trinajstić information content (AvgIpc) is 3.19. The van der Waals surface area contributed by atoms with E-state index in [1.54, 1.807) is 29.9 Å². The molecule has 1 atom stereocenters. The minimum atomic E-state index is -3.62. The number of amides is 1. The zero-order chi connectivity index (χ0) is 25.2. The average molecular weight is 518 g/mol. The van der Waals surface area contributed by atoms with Gasteiger partial charge < -0.3 is 14.0 Å². The molecule has 9 nitrogen and oxygen atoms in total. The first-order valence-electron chi connectivity index (χ1n) is 11.2. The van der Waals surface area contributed by atoms with Crippen LogP contribution >= 0.6 is 11.3 Å². The van der Waals surface area contributed by atoms with Crippen LogP contribution in [0.3, 0.4) is 0 Å². The molecule has 186 valence electrons. The molecule has 0 radical (unpaired) electrons. The molecule has 0 spiro atoms. The molecular weight excluding hydrogens is 490 g/mol. The van der Waals surface area contributed by atoms with Crippen LogP contribution in [0.5, 0.6) is 5.75 Å². The number of fused-ring (bicyclic) bond motifs is 1. The summed E-state index contributed by atoms with van der Waals surface area (Å²) in [7, 11) is -0.766. The van der Waals surface area contributed by atoms with Crippen LogP contribution in [-0.2, 0) is 26.1 Å². The lowest BCUT2D eigenvalue weighted by Gasteiger charge is -2.30. The summed E-state index contributed by atoms with van der Waals surface area (Å²) in [6.07, 6.45) is 1.85. The number of esters is 1. The Morgan fingerprint density at radius 2 is 1.89 bits per heavy atom. The van der Waals surface area contributed by atoms with E-state index >= 15 is 0 Å². The first kappa shape index (κ1) is 25.1. The second-order valence-corrected chi connectivity index (χ2v) is 11.4. The van der Waals surface area contributed by atoms with Gasteiger partial charge in [0.2, 0.25) is 10.0 Å². The number of aromatic nitrogens is 1. The molecule has 1 aliphatic heterocycles. The highest BCUT2D eigenvalue weighted by molar-refractivity contribution is 7.89. The van der Waals surface area contributed by atoms with Crippen molar-refractivity contribution in [3.63, 3.8) is 0 Å². The summed E-state index contributed by atoms with van der Waals surface area (Å²) >= 11 is 1.24. The van der Waals surface area contributed by atoms with Crippen LogP contribution in [0.15, 0.2) is 52.4 Å². The molecule has 3 aromatic rings. The quantitative estimate of drug-likeness (QED) is 0.465.